The molecular weight excluding hydrogens is 212 g/mol. The average molecular weight is 238 g/mol. The Morgan fingerprint density at radius 2 is 1.62 bits per heavy atom. The van der Waals surface area contributed by atoms with Crippen molar-refractivity contribution in [2.75, 3.05) is 0 Å². The minimum Gasteiger partial charge on any atom is -0.343 e. The summed E-state index contributed by atoms with van der Waals surface area (Å²) in [5, 5.41) is 0. The summed E-state index contributed by atoms with van der Waals surface area (Å²) in [6.07, 6.45) is 3.98. The maximum atomic E-state index is 4.51. The monoisotopic (exact) mass is 238 g/mol. The van der Waals surface area contributed by atoms with Crippen molar-refractivity contribution in [1.29, 1.82) is 0 Å². The number of rotatable bonds is 2. The first-order valence-electron chi connectivity index (χ1n) is 6.08. The summed E-state index contributed by atoms with van der Waals surface area (Å²) in [4.78, 5) is 4.51. The fraction of sp³-hybridized carbons (Fsp3) is 0.769. The summed E-state index contributed by atoms with van der Waals surface area (Å²) in [6, 6.07) is 0. The minimum absolute atomic E-state index is 0.341. The maximum Gasteiger partial charge on any atom is 0.104 e. The van der Waals surface area contributed by atoms with Crippen LogP contribution in [0.15, 0.2) is 12.4 Å². The van der Waals surface area contributed by atoms with E-state index in [4.69, 9.17) is 0 Å². The average Bonchev–Trinajstić information content (AvgIpc) is 2.42. The smallest absolute Gasteiger partial charge is 0.104 e. The summed E-state index contributed by atoms with van der Waals surface area (Å²) in [5.74, 6) is 0. The fourth-order valence-corrected chi connectivity index (χ4v) is 4.88. The van der Waals surface area contributed by atoms with Gasteiger partial charge in [-0.2, -0.15) is 0 Å². The predicted molar refractivity (Wildman–Crippen MR) is 74.0 cm³/mol. The highest BCUT2D eigenvalue weighted by molar-refractivity contribution is 6.53. The lowest BCUT2D eigenvalue weighted by molar-refractivity contribution is 0.233. The van der Waals surface area contributed by atoms with Gasteiger partial charge in [-0.25, -0.2) is 4.98 Å². The molecule has 0 aliphatic heterocycles. The van der Waals surface area contributed by atoms with Crippen LogP contribution in [0.5, 0.6) is 0 Å². The van der Waals surface area contributed by atoms with Gasteiger partial charge in [-0.1, -0.05) is 41.5 Å². The van der Waals surface area contributed by atoms with Gasteiger partial charge in [0.05, 0.1) is 5.45 Å². The van der Waals surface area contributed by atoms with Gasteiger partial charge in [-0.15, -0.1) is 0 Å². The molecule has 0 atom stereocenters. The van der Waals surface area contributed by atoms with Crippen LogP contribution >= 0.6 is 0 Å². The zero-order chi connectivity index (χ0) is 12.6. The van der Waals surface area contributed by atoms with Gasteiger partial charge < -0.3 is 4.57 Å². The van der Waals surface area contributed by atoms with Crippen molar-refractivity contribution >= 4 is 15.0 Å². The Balaban J connectivity index is 2.93. The molecular formula is C13H26N2Si. The predicted octanol–water partition coefficient (Wildman–Crippen LogP) is 2.09. The third-order valence-corrected chi connectivity index (χ3v) is 7.30. The van der Waals surface area contributed by atoms with E-state index < -0.39 is 0 Å². The molecule has 2 nitrogen and oxygen atoms in total. The molecule has 0 unspecified atom stereocenters. The van der Waals surface area contributed by atoms with E-state index in [1.807, 2.05) is 6.20 Å². The molecule has 0 bridgehead atoms. The molecule has 0 saturated heterocycles. The number of hydrogen-bond acceptors (Lipinski definition) is 1. The molecule has 3 heteroatoms. The molecule has 1 rings (SSSR count). The molecule has 0 amide bonds. The second-order valence-electron chi connectivity index (χ2n) is 6.94. The zero-order valence-electron chi connectivity index (χ0n) is 11.8. The number of nitrogens with zero attached hydrogens (tertiary/aromatic N) is 2. The molecule has 1 heterocycles. The Morgan fingerprint density at radius 3 is 1.94 bits per heavy atom. The molecule has 0 N–H and O–H groups in total. The first kappa shape index (κ1) is 13.5. The lowest BCUT2D eigenvalue weighted by Gasteiger charge is -2.40. The molecule has 0 aromatic carbocycles. The van der Waals surface area contributed by atoms with Gasteiger partial charge >= 0.3 is 0 Å². The first-order chi connectivity index (χ1) is 7.12. The Morgan fingerprint density at radius 1 is 1.12 bits per heavy atom. The Labute approximate surface area is 102 Å². The highest BCUT2D eigenvalue weighted by Gasteiger charge is 2.35. The molecule has 0 fully saturated rings. The van der Waals surface area contributed by atoms with Gasteiger partial charge in [-0.3, -0.25) is 0 Å². The van der Waals surface area contributed by atoms with E-state index in [0.717, 1.165) is 5.54 Å². The molecule has 1 aromatic rings. The van der Waals surface area contributed by atoms with Crippen molar-refractivity contribution in [2.24, 2.45) is 17.9 Å². The molecule has 1 aromatic heterocycles. The van der Waals surface area contributed by atoms with Crippen LogP contribution in [0.2, 0.25) is 5.54 Å². The van der Waals surface area contributed by atoms with Crippen LogP contribution in [0.1, 0.15) is 41.5 Å². The van der Waals surface area contributed by atoms with Crippen molar-refractivity contribution in [1.82, 2.24) is 9.55 Å². The van der Waals surface area contributed by atoms with E-state index in [2.05, 4.69) is 64.3 Å². The van der Waals surface area contributed by atoms with Crippen molar-refractivity contribution in [3.8, 4) is 0 Å². The minimum atomic E-state index is -0.341. The standard InChI is InChI=1S/C13H26N2Si/c1-12(2,3)10(13(4,5)6)16-11-14-8-9-15(11)7/h8-10H,16H2,1-7H3. The Kier molecular flexibility index (Phi) is 3.68. The van der Waals surface area contributed by atoms with Crippen molar-refractivity contribution < 1.29 is 0 Å². The first-order valence-corrected chi connectivity index (χ1v) is 7.61. The Hall–Kier alpha value is -0.573. The largest absolute Gasteiger partial charge is 0.343 e. The lowest BCUT2D eigenvalue weighted by Crippen LogP contribution is -2.39. The van der Waals surface area contributed by atoms with Crippen LogP contribution in [0.25, 0.3) is 0 Å². The van der Waals surface area contributed by atoms with Crippen LogP contribution in [0.3, 0.4) is 0 Å². The molecule has 0 spiro atoms. The maximum absolute atomic E-state index is 4.51. The van der Waals surface area contributed by atoms with E-state index in [1.165, 1.54) is 5.45 Å². The molecule has 92 valence electrons. The number of imidazole rings is 1. The highest BCUT2D eigenvalue weighted by Crippen LogP contribution is 2.43. The van der Waals surface area contributed by atoms with E-state index in [0.29, 0.717) is 10.8 Å². The van der Waals surface area contributed by atoms with Crippen LogP contribution < -0.4 is 5.45 Å². The summed E-state index contributed by atoms with van der Waals surface area (Å²) < 4.78 is 2.19. The number of hydrogen-bond donors (Lipinski definition) is 0. The topological polar surface area (TPSA) is 17.8 Å². The molecule has 0 saturated carbocycles. The second kappa shape index (κ2) is 4.36. The van der Waals surface area contributed by atoms with Gasteiger partial charge in [-0.05, 0) is 16.4 Å². The highest BCUT2D eigenvalue weighted by atomic mass is 28.2. The molecule has 0 aliphatic carbocycles. The third-order valence-electron chi connectivity index (χ3n) is 3.40. The van der Waals surface area contributed by atoms with Gasteiger partial charge in [0.1, 0.15) is 9.52 Å². The van der Waals surface area contributed by atoms with Gasteiger partial charge in [0.15, 0.2) is 0 Å². The van der Waals surface area contributed by atoms with Gasteiger partial charge in [0.2, 0.25) is 0 Å². The van der Waals surface area contributed by atoms with Crippen molar-refractivity contribution in [2.45, 2.75) is 47.1 Å². The van der Waals surface area contributed by atoms with Crippen molar-refractivity contribution in [3.05, 3.63) is 12.4 Å². The van der Waals surface area contributed by atoms with Crippen LogP contribution in [-0.2, 0) is 7.05 Å². The normalized spacial score (nSPS) is 14.2. The summed E-state index contributed by atoms with van der Waals surface area (Å²) in [7, 11) is 1.77. The van der Waals surface area contributed by atoms with Crippen LogP contribution in [-0.4, -0.2) is 19.1 Å². The SMILES string of the molecule is Cn1ccnc1[SiH2]C(C(C)(C)C)C(C)(C)C. The Bertz CT molecular complexity index is 328. The zero-order valence-corrected chi connectivity index (χ0v) is 13.2. The number of aromatic nitrogens is 2. The third kappa shape index (κ3) is 3.21. The van der Waals surface area contributed by atoms with E-state index in [-0.39, 0.29) is 9.52 Å². The number of aryl methyl sites for hydroxylation is 1. The van der Waals surface area contributed by atoms with E-state index >= 15 is 0 Å². The molecule has 16 heavy (non-hydrogen) atoms. The lowest BCUT2D eigenvalue weighted by atomic mass is 9.77. The fourth-order valence-electron chi connectivity index (χ4n) is 2.69. The van der Waals surface area contributed by atoms with Gasteiger partial charge in [0, 0.05) is 19.4 Å². The summed E-state index contributed by atoms with van der Waals surface area (Å²) >= 11 is 0. The quantitative estimate of drug-likeness (QED) is 0.722. The van der Waals surface area contributed by atoms with E-state index in [1.54, 1.807) is 0 Å². The second-order valence-corrected chi connectivity index (χ2v) is 8.80. The van der Waals surface area contributed by atoms with Gasteiger partial charge in [0.25, 0.3) is 0 Å². The molecule has 0 radical (unpaired) electrons. The van der Waals surface area contributed by atoms with Crippen LogP contribution in [0.4, 0.5) is 0 Å². The molecule has 0 aliphatic rings. The van der Waals surface area contributed by atoms with Crippen LogP contribution in [0, 0.1) is 10.8 Å². The summed E-state index contributed by atoms with van der Waals surface area (Å²) in [6.45, 7) is 14.2. The van der Waals surface area contributed by atoms with Crippen molar-refractivity contribution in [3.63, 3.8) is 0 Å². The summed E-state index contributed by atoms with van der Waals surface area (Å²) in [5.41, 5.74) is 2.84. The van der Waals surface area contributed by atoms with E-state index in [9.17, 15) is 0 Å².